The van der Waals surface area contributed by atoms with Crippen LogP contribution in [0.4, 0.5) is 13.2 Å². The molecule has 2 heterocycles. The summed E-state index contributed by atoms with van der Waals surface area (Å²) < 4.78 is 53.6. The lowest BCUT2D eigenvalue weighted by molar-refractivity contribution is -0.137. The van der Waals surface area contributed by atoms with Crippen molar-refractivity contribution >= 4 is 13.7 Å². The van der Waals surface area contributed by atoms with Crippen LogP contribution in [0, 0.1) is 0 Å². The third-order valence-corrected chi connectivity index (χ3v) is 5.38. The second kappa shape index (κ2) is 8.80. The number of amides is 1. The lowest BCUT2D eigenvalue weighted by atomic mass is 9.88. The van der Waals surface area contributed by atoms with Gasteiger partial charge >= 0.3 is 14.0 Å². The number of hydrogen-bond acceptors (Lipinski definition) is 6. The second-order valence-electron chi connectivity index (χ2n) is 6.83. The minimum atomic E-state index is -4.80. The van der Waals surface area contributed by atoms with Gasteiger partial charge in [0.2, 0.25) is 5.91 Å². The number of nitrogens with zero attached hydrogens (tertiary/aromatic N) is 4. The van der Waals surface area contributed by atoms with E-state index >= 15 is 0 Å². The summed E-state index contributed by atoms with van der Waals surface area (Å²) in [6.07, 6.45) is -3.35. The fourth-order valence-corrected chi connectivity index (χ4v) is 3.69. The summed E-state index contributed by atoms with van der Waals surface area (Å²) in [6, 6.07) is 4.97. The lowest BCUT2D eigenvalue weighted by Gasteiger charge is -2.34. The van der Waals surface area contributed by atoms with Crippen molar-refractivity contribution in [1.82, 2.24) is 25.5 Å². The maximum absolute atomic E-state index is 12.9. The summed E-state index contributed by atoms with van der Waals surface area (Å²) in [6.45, 7) is 0.00501. The number of benzene rings is 1. The molecule has 3 rings (SSSR count). The van der Waals surface area contributed by atoms with Gasteiger partial charge in [-0.25, -0.2) is 4.57 Å². The monoisotopic (exact) mass is 449 g/mol. The van der Waals surface area contributed by atoms with Crippen LogP contribution in [-0.4, -0.2) is 60.9 Å². The molecule has 3 N–H and O–H groups in total. The fourth-order valence-electron chi connectivity index (χ4n) is 3.34. The number of carbonyl (C=O) groups excluding carboxylic acids is 1. The molecule has 1 unspecified atom stereocenters. The summed E-state index contributed by atoms with van der Waals surface area (Å²) in [5.74, 6) is -1.70. The Balaban J connectivity index is 1.63. The predicted molar refractivity (Wildman–Crippen MR) is 94.9 cm³/mol. The quantitative estimate of drug-likeness (QED) is 0.567. The first kappa shape index (κ1) is 22.3. The highest BCUT2D eigenvalue weighted by Gasteiger charge is 2.34. The Morgan fingerprint density at radius 3 is 2.40 bits per heavy atom. The molecule has 1 aromatic heterocycles. The summed E-state index contributed by atoms with van der Waals surface area (Å²) in [7, 11) is -4.80. The number of hydrogen-bond donors (Lipinski definition) is 3. The number of aromatic amines is 1. The normalized spacial score (nSPS) is 17.2. The van der Waals surface area contributed by atoms with E-state index in [2.05, 4.69) is 25.1 Å². The summed E-state index contributed by atoms with van der Waals surface area (Å²) >= 11 is 0. The number of alkyl halides is 3. The van der Waals surface area contributed by atoms with Crippen LogP contribution in [0.15, 0.2) is 24.3 Å². The van der Waals surface area contributed by atoms with Crippen molar-refractivity contribution in [3.63, 3.8) is 0 Å². The van der Waals surface area contributed by atoms with Crippen LogP contribution in [0.5, 0.6) is 0 Å². The zero-order valence-electron chi connectivity index (χ0n) is 15.5. The van der Waals surface area contributed by atoms with E-state index < -0.39 is 38.0 Å². The molecule has 0 radical (unpaired) electrons. The zero-order valence-corrected chi connectivity index (χ0v) is 16.4. The van der Waals surface area contributed by atoms with Gasteiger partial charge in [-0.1, -0.05) is 17.3 Å². The topological polar surface area (TPSA) is 142 Å². The maximum atomic E-state index is 12.9. The third-order valence-electron chi connectivity index (χ3n) is 4.90. The fraction of sp³-hybridized carbons (Fsp3) is 0.500. The Morgan fingerprint density at radius 1 is 1.27 bits per heavy atom. The van der Waals surface area contributed by atoms with Gasteiger partial charge in [0.05, 0.1) is 12.2 Å². The Hall–Kier alpha value is -2.34. The first-order valence-corrected chi connectivity index (χ1v) is 10.5. The molecule has 30 heavy (non-hydrogen) atoms. The Morgan fingerprint density at radius 2 is 1.90 bits per heavy atom. The minimum absolute atomic E-state index is 0.00805. The van der Waals surface area contributed by atoms with Crippen LogP contribution >= 0.6 is 7.82 Å². The third kappa shape index (κ3) is 5.63. The smallest absolute Gasteiger partial charge is 0.342 e. The number of tetrazole rings is 1. The van der Waals surface area contributed by atoms with Gasteiger partial charge in [-0.15, -0.1) is 10.2 Å². The van der Waals surface area contributed by atoms with E-state index in [0.29, 0.717) is 25.9 Å². The van der Waals surface area contributed by atoms with Gasteiger partial charge in [-0.3, -0.25) is 9.32 Å². The first-order chi connectivity index (χ1) is 14.0. The van der Waals surface area contributed by atoms with E-state index in [-0.39, 0.29) is 11.7 Å². The Kier molecular flexibility index (Phi) is 6.56. The highest BCUT2D eigenvalue weighted by molar-refractivity contribution is 7.46. The number of piperidine rings is 1. The van der Waals surface area contributed by atoms with Gasteiger partial charge < -0.3 is 14.7 Å². The van der Waals surface area contributed by atoms with Crippen molar-refractivity contribution in [1.29, 1.82) is 0 Å². The number of phosphoric acid groups is 1. The van der Waals surface area contributed by atoms with Crippen LogP contribution in [0.1, 0.15) is 41.6 Å². The summed E-state index contributed by atoms with van der Waals surface area (Å²) in [4.78, 5) is 32.2. The van der Waals surface area contributed by atoms with E-state index in [4.69, 9.17) is 9.79 Å². The molecule has 1 amide bonds. The van der Waals surface area contributed by atoms with Crippen LogP contribution in [0.2, 0.25) is 0 Å². The van der Waals surface area contributed by atoms with E-state index in [1.807, 2.05) is 0 Å². The average molecular weight is 449 g/mol. The number of H-pyrrole nitrogens is 1. The molecule has 1 aromatic carbocycles. The second-order valence-corrected chi connectivity index (χ2v) is 8.07. The van der Waals surface area contributed by atoms with Gasteiger partial charge in [-0.2, -0.15) is 18.4 Å². The number of nitrogens with one attached hydrogen (secondary N) is 1. The Bertz CT molecular complexity index is 895. The van der Waals surface area contributed by atoms with Gasteiger partial charge in [0.25, 0.3) is 0 Å². The minimum Gasteiger partial charge on any atom is -0.342 e. The van der Waals surface area contributed by atoms with Crippen LogP contribution in [0.3, 0.4) is 0 Å². The van der Waals surface area contributed by atoms with E-state index in [0.717, 1.165) is 17.7 Å². The van der Waals surface area contributed by atoms with Crippen molar-refractivity contribution < 1.29 is 36.8 Å². The maximum Gasteiger partial charge on any atom is 0.469 e. The average Bonchev–Trinajstić information content (AvgIpc) is 3.21. The molecule has 14 heteroatoms. The molecule has 1 atom stereocenters. The van der Waals surface area contributed by atoms with Crippen molar-refractivity contribution in [2.24, 2.45) is 0 Å². The van der Waals surface area contributed by atoms with Crippen molar-refractivity contribution in [2.75, 3.05) is 19.7 Å². The molecule has 1 aliphatic rings. The molecule has 0 aliphatic carbocycles. The number of halogens is 3. The number of rotatable bonds is 6. The molecule has 1 aliphatic heterocycles. The van der Waals surface area contributed by atoms with Gasteiger partial charge in [0.15, 0.2) is 5.82 Å². The highest BCUT2D eigenvalue weighted by atomic mass is 31.2. The molecule has 0 bridgehead atoms. The van der Waals surface area contributed by atoms with Crippen molar-refractivity contribution in [3.05, 3.63) is 41.2 Å². The van der Waals surface area contributed by atoms with E-state index in [1.165, 1.54) is 17.0 Å². The zero-order chi connectivity index (χ0) is 21.9. The van der Waals surface area contributed by atoms with Gasteiger partial charge in [0.1, 0.15) is 5.92 Å². The van der Waals surface area contributed by atoms with Crippen LogP contribution in [-0.2, 0) is 20.1 Å². The molecule has 1 saturated heterocycles. The molecular weight excluding hydrogens is 430 g/mol. The molecule has 0 spiro atoms. The lowest BCUT2D eigenvalue weighted by Crippen LogP contribution is -2.42. The molecule has 0 saturated carbocycles. The standard InChI is InChI=1S/C16H19F3N5O5P/c17-16(18,19)12-3-1-10(2-4-12)11-5-7-24(8-6-11)15(25)13(9-29-30(26,27)28)14-20-22-23-21-14/h1-4,11,13H,5-9H2,(H2,26,27,28)(H,20,21,22,23). The molecular formula is C16H19F3N5O5P. The van der Waals surface area contributed by atoms with Crippen molar-refractivity contribution in [2.45, 2.75) is 30.9 Å². The summed E-state index contributed by atoms with van der Waals surface area (Å²) in [5, 5.41) is 12.9. The first-order valence-electron chi connectivity index (χ1n) is 8.94. The molecule has 1 fully saturated rings. The van der Waals surface area contributed by atoms with Crippen molar-refractivity contribution in [3.8, 4) is 0 Å². The van der Waals surface area contributed by atoms with Crippen LogP contribution < -0.4 is 0 Å². The number of likely N-dealkylation sites (tertiary alicyclic amines) is 1. The number of carbonyl (C=O) groups is 1. The molecule has 164 valence electrons. The molecule has 10 nitrogen and oxygen atoms in total. The van der Waals surface area contributed by atoms with Gasteiger partial charge in [0, 0.05) is 13.1 Å². The highest BCUT2D eigenvalue weighted by Crippen LogP contribution is 2.38. The molecule has 2 aromatic rings. The number of phosphoric ester groups is 1. The van der Waals surface area contributed by atoms with E-state index in [9.17, 15) is 22.5 Å². The summed E-state index contributed by atoms with van der Waals surface area (Å²) in [5.41, 5.74) is 0.0431. The number of aromatic nitrogens is 4. The SMILES string of the molecule is O=C(C(COP(=O)(O)O)c1nn[nH]n1)N1CCC(c2ccc(C(F)(F)F)cc2)CC1. The predicted octanol–water partition coefficient (Wildman–Crippen LogP) is 1.82. The van der Waals surface area contributed by atoms with Gasteiger partial charge in [-0.05, 0) is 36.5 Å². The van der Waals surface area contributed by atoms with Crippen LogP contribution in [0.25, 0.3) is 0 Å². The Labute approximate surface area is 168 Å². The van der Waals surface area contributed by atoms with E-state index in [1.54, 1.807) is 0 Å². The largest absolute Gasteiger partial charge is 0.469 e.